The van der Waals surface area contributed by atoms with Gasteiger partial charge in [0.2, 0.25) is 0 Å². The van der Waals surface area contributed by atoms with Gasteiger partial charge in [-0.25, -0.2) is 4.39 Å². The largest absolute Gasteiger partial charge is 0.370 e. The highest BCUT2D eigenvalue weighted by Gasteiger charge is 2.42. The van der Waals surface area contributed by atoms with Gasteiger partial charge in [0.1, 0.15) is 5.82 Å². The number of nitrogens with zero attached hydrogens (tertiary/aromatic N) is 2. The number of halogens is 1. The van der Waals surface area contributed by atoms with Crippen LogP contribution in [0.4, 0.5) is 4.39 Å². The van der Waals surface area contributed by atoms with E-state index >= 15 is 0 Å². The summed E-state index contributed by atoms with van der Waals surface area (Å²) in [5.74, 6) is 1.11. The lowest BCUT2D eigenvalue weighted by Gasteiger charge is -2.36. The second-order valence-electron chi connectivity index (χ2n) is 5.51. The Morgan fingerprint density at radius 3 is 2.94 bits per heavy atom. The predicted molar refractivity (Wildman–Crippen MR) is 69.7 cm³/mol. The van der Waals surface area contributed by atoms with Crippen molar-refractivity contribution in [3.8, 4) is 0 Å². The fourth-order valence-electron chi connectivity index (χ4n) is 2.58. The van der Waals surface area contributed by atoms with Crippen molar-refractivity contribution in [1.29, 1.82) is 0 Å². The molecule has 0 saturated heterocycles. The number of benzene rings is 1. The maximum absolute atomic E-state index is 13.4. The lowest BCUT2D eigenvalue weighted by molar-refractivity contribution is 0.216. The van der Waals surface area contributed by atoms with E-state index in [0.717, 1.165) is 18.0 Å². The summed E-state index contributed by atoms with van der Waals surface area (Å²) in [7, 11) is 0. The van der Waals surface area contributed by atoms with Crippen LogP contribution in [-0.2, 0) is 5.54 Å². The Kier molecular flexibility index (Phi) is 2.54. The Bertz CT molecular complexity index is 496. The molecule has 4 heteroatoms. The second-order valence-corrected chi connectivity index (χ2v) is 5.51. The van der Waals surface area contributed by atoms with Gasteiger partial charge < -0.3 is 10.6 Å². The summed E-state index contributed by atoms with van der Waals surface area (Å²) in [6.07, 6.45) is 2.53. The van der Waals surface area contributed by atoms with Crippen LogP contribution in [0.25, 0.3) is 0 Å². The van der Waals surface area contributed by atoms with Crippen LogP contribution in [0.5, 0.6) is 0 Å². The first-order valence-electron chi connectivity index (χ1n) is 6.43. The molecule has 0 amide bonds. The van der Waals surface area contributed by atoms with Gasteiger partial charge in [-0.2, -0.15) is 0 Å². The van der Waals surface area contributed by atoms with Crippen LogP contribution in [0.1, 0.15) is 25.3 Å². The first-order chi connectivity index (χ1) is 8.59. The molecule has 1 aromatic rings. The number of hydrogen-bond donors (Lipinski definition) is 1. The summed E-state index contributed by atoms with van der Waals surface area (Å²) in [6.45, 7) is 3.63. The molecule has 18 heavy (non-hydrogen) atoms. The molecule has 0 radical (unpaired) electrons. The lowest BCUT2D eigenvalue weighted by atomic mass is 9.91. The Hall–Kier alpha value is -1.58. The van der Waals surface area contributed by atoms with Crippen molar-refractivity contribution in [2.24, 2.45) is 16.6 Å². The van der Waals surface area contributed by atoms with Crippen LogP contribution in [0, 0.1) is 11.7 Å². The molecule has 1 atom stereocenters. The van der Waals surface area contributed by atoms with Gasteiger partial charge >= 0.3 is 0 Å². The molecule has 0 aromatic heterocycles. The average Bonchev–Trinajstić information content (AvgIpc) is 3.12. The molecule has 3 nitrogen and oxygen atoms in total. The predicted octanol–water partition coefficient (Wildman–Crippen LogP) is 2.08. The summed E-state index contributed by atoms with van der Waals surface area (Å²) < 4.78 is 13.4. The van der Waals surface area contributed by atoms with Crippen molar-refractivity contribution in [3.63, 3.8) is 0 Å². The molecular formula is C14H18FN3. The lowest BCUT2D eigenvalue weighted by Crippen LogP contribution is -2.48. The number of guanidine groups is 1. The quantitative estimate of drug-likeness (QED) is 0.888. The van der Waals surface area contributed by atoms with E-state index in [-0.39, 0.29) is 11.4 Å². The number of hydrogen-bond acceptors (Lipinski definition) is 3. The van der Waals surface area contributed by atoms with E-state index in [4.69, 9.17) is 5.73 Å². The van der Waals surface area contributed by atoms with Crippen molar-refractivity contribution in [2.75, 3.05) is 13.1 Å². The molecule has 1 unspecified atom stereocenters. The van der Waals surface area contributed by atoms with Crippen LogP contribution in [-0.4, -0.2) is 23.9 Å². The zero-order chi connectivity index (χ0) is 12.8. The zero-order valence-corrected chi connectivity index (χ0v) is 10.6. The zero-order valence-electron chi connectivity index (χ0n) is 10.6. The van der Waals surface area contributed by atoms with Crippen molar-refractivity contribution in [3.05, 3.63) is 35.6 Å². The summed E-state index contributed by atoms with van der Waals surface area (Å²) in [4.78, 5) is 6.49. The summed E-state index contributed by atoms with van der Waals surface area (Å²) in [5, 5.41) is 0. The maximum atomic E-state index is 13.4. The Balaban J connectivity index is 1.92. The van der Waals surface area contributed by atoms with Gasteiger partial charge in [-0.1, -0.05) is 12.1 Å². The van der Waals surface area contributed by atoms with Gasteiger partial charge in [-0.15, -0.1) is 0 Å². The van der Waals surface area contributed by atoms with E-state index in [9.17, 15) is 4.39 Å². The topological polar surface area (TPSA) is 41.6 Å². The standard InChI is InChI=1S/C14H18FN3/c1-14(11-3-2-4-12(15)7-11)9-17-13(16)18(14)8-10-5-6-10/h2-4,7,10H,5-6,8-9H2,1H3,(H2,16,17). The number of rotatable bonds is 3. The van der Waals surface area contributed by atoms with Crippen molar-refractivity contribution >= 4 is 5.96 Å². The third kappa shape index (κ3) is 1.85. The summed E-state index contributed by atoms with van der Waals surface area (Å²) >= 11 is 0. The molecule has 1 fully saturated rings. The van der Waals surface area contributed by atoms with E-state index in [1.54, 1.807) is 12.1 Å². The molecule has 1 aliphatic carbocycles. The van der Waals surface area contributed by atoms with Crippen molar-refractivity contribution in [2.45, 2.75) is 25.3 Å². The van der Waals surface area contributed by atoms with Gasteiger partial charge in [-0.3, -0.25) is 4.99 Å². The average molecular weight is 247 g/mol. The highest BCUT2D eigenvalue weighted by molar-refractivity contribution is 5.81. The van der Waals surface area contributed by atoms with E-state index in [1.165, 1.54) is 18.9 Å². The molecule has 0 spiro atoms. The molecule has 1 aromatic carbocycles. The molecule has 2 aliphatic rings. The SMILES string of the molecule is CC1(c2cccc(F)c2)CN=C(N)N1CC1CC1. The third-order valence-electron chi connectivity index (χ3n) is 4.01. The molecule has 1 saturated carbocycles. The molecule has 2 N–H and O–H groups in total. The number of nitrogens with two attached hydrogens (primary N) is 1. The Morgan fingerprint density at radius 2 is 2.28 bits per heavy atom. The van der Waals surface area contributed by atoms with E-state index in [2.05, 4.69) is 16.8 Å². The highest BCUT2D eigenvalue weighted by atomic mass is 19.1. The van der Waals surface area contributed by atoms with Gasteiger partial charge in [-0.05, 0) is 43.4 Å². The van der Waals surface area contributed by atoms with Crippen LogP contribution >= 0.6 is 0 Å². The van der Waals surface area contributed by atoms with Crippen molar-refractivity contribution in [1.82, 2.24) is 4.90 Å². The first kappa shape index (κ1) is 11.5. The highest BCUT2D eigenvalue weighted by Crippen LogP contribution is 2.38. The molecule has 1 aliphatic heterocycles. The minimum absolute atomic E-state index is 0.203. The van der Waals surface area contributed by atoms with Crippen LogP contribution in [0.3, 0.4) is 0 Å². The Labute approximate surface area is 106 Å². The van der Waals surface area contributed by atoms with Gasteiger partial charge in [0.15, 0.2) is 5.96 Å². The fraction of sp³-hybridized carbons (Fsp3) is 0.500. The second kappa shape index (κ2) is 3.97. The summed E-state index contributed by atoms with van der Waals surface area (Å²) in [6, 6.07) is 6.77. The first-order valence-corrected chi connectivity index (χ1v) is 6.43. The molecule has 0 bridgehead atoms. The normalized spacial score (nSPS) is 27.4. The molecule has 3 rings (SSSR count). The third-order valence-corrected chi connectivity index (χ3v) is 4.01. The summed E-state index contributed by atoms with van der Waals surface area (Å²) in [5.41, 5.74) is 6.64. The number of aliphatic imine (C=N–C) groups is 1. The van der Waals surface area contributed by atoms with Crippen LogP contribution < -0.4 is 5.73 Å². The van der Waals surface area contributed by atoms with E-state index in [0.29, 0.717) is 12.5 Å². The maximum Gasteiger partial charge on any atom is 0.192 e. The van der Waals surface area contributed by atoms with Crippen molar-refractivity contribution < 1.29 is 4.39 Å². The minimum Gasteiger partial charge on any atom is -0.370 e. The van der Waals surface area contributed by atoms with Crippen LogP contribution in [0.15, 0.2) is 29.3 Å². The smallest absolute Gasteiger partial charge is 0.192 e. The van der Waals surface area contributed by atoms with Gasteiger partial charge in [0.25, 0.3) is 0 Å². The van der Waals surface area contributed by atoms with Crippen LogP contribution in [0.2, 0.25) is 0 Å². The van der Waals surface area contributed by atoms with Gasteiger partial charge in [0.05, 0.1) is 12.1 Å². The fourth-order valence-corrected chi connectivity index (χ4v) is 2.58. The molecule has 96 valence electrons. The Morgan fingerprint density at radius 1 is 1.50 bits per heavy atom. The minimum atomic E-state index is -0.297. The van der Waals surface area contributed by atoms with E-state index < -0.39 is 0 Å². The monoisotopic (exact) mass is 247 g/mol. The molecular weight excluding hydrogens is 229 g/mol. The van der Waals surface area contributed by atoms with E-state index in [1.807, 2.05) is 6.07 Å². The van der Waals surface area contributed by atoms with Gasteiger partial charge in [0, 0.05) is 6.54 Å². The molecule has 1 heterocycles.